The van der Waals surface area contributed by atoms with Gasteiger partial charge in [0, 0.05) is 18.0 Å². The van der Waals surface area contributed by atoms with Crippen LogP contribution in [0, 0.1) is 0 Å². The third-order valence-corrected chi connectivity index (χ3v) is 5.17. The highest BCUT2D eigenvalue weighted by molar-refractivity contribution is 6.32. The van der Waals surface area contributed by atoms with Crippen LogP contribution >= 0.6 is 11.6 Å². The van der Waals surface area contributed by atoms with E-state index in [-0.39, 0.29) is 17.9 Å². The maximum atomic E-state index is 12.1. The molecular weight excluding hydrogens is 454 g/mol. The van der Waals surface area contributed by atoms with Crippen molar-refractivity contribution in [2.24, 2.45) is 5.10 Å². The number of hydrogen-bond acceptors (Lipinski definition) is 6. The molecule has 0 spiro atoms. The van der Waals surface area contributed by atoms with Gasteiger partial charge in [0.25, 0.3) is 5.91 Å². The fraction of sp³-hybridized carbons (Fsp3) is 0.269. The Morgan fingerprint density at radius 3 is 2.38 bits per heavy atom. The van der Waals surface area contributed by atoms with Gasteiger partial charge in [0.05, 0.1) is 18.3 Å². The Morgan fingerprint density at radius 2 is 1.74 bits per heavy atom. The summed E-state index contributed by atoms with van der Waals surface area (Å²) >= 11 is 6.40. The SMILES string of the molecule is COc1cc(/C=N\NC(=O)c2ccncc2)cc(Cl)c1OCCOc1ccc(C(C)(C)C)cc1. The lowest BCUT2D eigenvalue weighted by Gasteiger charge is -2.19. The van der Waals surface area contributed by atoms with Crippen LogP contribution in [0.5, 0.6) is 17.2 Å². The molecule has 178 valence electrons. The summed E-state index contributed by atoms with van der Waals surface area (Å²) in [6, 6.07) is 14.6. The lowest BCUT2D eigenvalue weighted by atomic mass is 9.87. The molecule has 0 aliphatic heterocycles. The molecule has 1 amide bonds. The molecular formula is C26H28ClN3O4. The number of carbonyl (C=O) groups excluding carboxylic acids is 1. The quantitative estimate of drug-likeness (QED) is 0.256. The number of ether oxygens (including phenoxy) is 3. The Morgan fingerprint density at radius 1 is 1.06 bits per heavy atom. The maximum Gasteiger partial charge on any atom is 0.271 e. The molecule has 0 atom stereocenters. The zero-order chi connectivity index (χ0) is 24.6. The molecule has 8 heteroatoms. The van der Waals surface area contributed by atoms with Gasteiger partial charge in [-0.25, -0.2) is 5.43 Å². The summed E-state index contributed by atoms with van der Waals surface area (Å²) < 4.78 is 17.0. The van der Waals surface area contributed by atoms with E-state index in [2.05, 4.69) is 48.4 Å². The number of hydrogen-bond donors (Lipinski definition) is 1. The fourth-order valence-corrected chi connectivity index (χ4v) is 3.32. The monoisotopic (exact) mass is 481 g/mol. The molecule has 1 aromatic heterocycles. The van der Waals surface area contributed by atoms with Crippen LogP contribution in [0.15, 0.2) is 66.0 Å². The third kappa shape index (κ3) is 6.96. The molecule has 0 aliphatic rings. The molecule has 2 aromatic carbocycles. The van der Waals surface area contributed by atoms with Gasteiger partial charge in [0.2, 0.25) is 0 Å². The van der Waals surface area contributed by atoms with Gasteiger partial charge in [0.1, 0.15) is 19.0 Å². The molecule has 0 bridgehead atoms. The average Bonchev–Trinajstić information content (AvgIpc) is 2.82. The summed E-state index contributed by atoms with van der Waals surface area (Å²) in [5.74, 6) is 1.29. The van der Waals surface area contributed by atoms with Crippen molar-refractivity contribution in [3.63, 3.8) is 0 Å². The molecule has 7 nitrogen and oxygen atoms in total. The van der Waals surface area contributed by atoms with Crippen LogP contribution in [0.4, 0.5) is 0 Å². The normalized spacial score (nSPS) is 11.3. The van der Waals surface area contributed by atoms with Crippen molar-refractivity contribution in [3.05, 3.63) is 82.6 Å². The van der Waals surface area contributed by atoms with Crippen molar-refractivity contribution in [1.29, 1.82) is 0 Å². The number of pyridine rings is 1. The highest BCUT2D eigenvalue weighted by Gasteiger charge is 2.14. The van der Waals surface area contributed by atoms with Gasteiger partial charge in [-0.1, -0.05) is 44.5 Å². The minimum atomic E-state index is -0.343. The van der Waals surface area contributed by atoms with Crippen LogP contribution in [-0.4, -0.2) is 37.4 Å². The zero-order valence-electron chi connectivity index (χ0n) is 19.7. The highest BCUT2D eigenvalue weighted by atomic mass is 35.5. The highest BCUT2D eigenvalue weighted by Crippen LogP contribution is 2.36. The second-order valence-electron chi connectivity index (χ2n) is 8.44. The van der Waals surface area contributed by atoms with Crippen molar-refractivity contribution in [1.82, 2.24) is 10.4 Å². The van der Waals surface area contributed by atoms with Crippen LogP contribution in [0.3, 0.4) is 0 Å². The van der Waals surface area contributed by atoms with Gasteiger partial charge in [-0.05, 0) is 52.9 Å². The lowest BCUT2D eigenvalue weighted by Crippen LogP contribution is -2.17. The molecule has 0 unspecified atom stereocenters. The number of rotatable bonds is 9. The molecule has 0 fully saturated rings. The van der Waals surface area contributed by atoms with E-state index < -0.39 is 0 Å². The summed E-state index contributed by atoms with van der Waals surface area (Å²) in [5.41, 5.74) is 4.89. The smallest absolute Gasteiger partial charge is 0.271 e. The van der Waals surface area contributed by atoms with E-state index >= 15 is 0 Å². The van der Waals surface area contributed by atoms with E-state index in [4.69, 9.17) is 25.8 Å². The molecule has 0 saturated carbocycles. The van der Waals surface area contributed by atoms with E-state index in [1.807, 2.05) is 12.1 Å². The molecule has 1 N–H and O–H groups in total. The third-order valence-electron chi connectivity index (χ3n) is 4.89. The van der Waals surface area contributed by atoms with Gasteiger partial charge in [-0.15, -0.1) is 0 Å². The summed E-state index contributed by atoms with van der Waals surface area (Å²) in [6.45, 7) is 7.14. The van der Waals surface area contributed by atoms with Crippen LogP contribution in [-0.2, 0) is 5.41 Å². The molecule has 0 saturated heterocycles. The maximum absolute atomic E-state index is 12.1. The van der Waals surface area contributed by atoms with Crippen molar-refractivity contribution in [2.75, 3.05) is 20.3 Å². The van der Waals surface area contributed by atoms with Crippen LogP contribution in [0.1, 0.15) is 42.3 Å². The lowest BCUT2D eigenvalue weighted by molar-refractivity contribution is 0.0955. The first-order valence-corrected chi connectivity index (χ1v) is 11.1. The van der Waals surface area contributed by atoms with Crippen molar-refractivity contribution in [3.8, 4) is 17.2 Å². The average molecular weight is 482 g/mol. The largest absolute Gasteiger partial charge is 0.493 e. The molecule has 3 rings (SSSR count). The number of benzene rings is 2. The number of amides is 1. The zero-order valence-corrected chi connectivity index (χ0v) is 20.4. The van der Waals surface area contributed by atoms with Gasteiger partial charge < -0.3 is 14.2 Å². The number of nitrogens with one attached hydrogen (secondary N) is 1. The van der Waals surface area contributed by atoms with Gasteiger partial charge in [0.15, 0.2) is 11.5 Å². The van der Waals surface area contributed by atoms with E-state index in [0.29, 0.717) is 34.3 Å². The molecule has 1 heterocycles. The fourth-order valence-electron chi connectivity index (χ4n) is 3.04. The van der Waals surface area contributed by atoms with Crippen molar-refractivity contribution < 1.29 is 19.0 Å². The van der Waals surface area contributed by atoms with Gasteiger partial charge in [-0.2, -0.15) is 5.10 Å². The van der Waals surface area contributed by atoms with Crippen molar-refractivity contribution in [2.45, 2.75) is 26.2 Å². The van der Waals surface area contributed by atoms with E-state index in [0.717, 1.165) is 5.75 Å². The number of carbonyl (C=O) groups is 1. The van der Waals surface area contributed by atoms with Crippen LogP contribution in [0.25, 0.3) is 0 Å². The first-order chi connectivity index (χ1) is 16.3. The number of halogens is 1. The standard InChI is InChI=1S/C26H28ClN3O4/c1-26(2,3)20-5-7-21(8-6-20)33-13-14-34-24-22(27)15-18(16-23(24)32-4)17-29-30-25(31)19-9-11-28-12-10-19/h5-12,15-17H,13-14H2,1-4H3,(H,30,31)/b29-17-. The molecule has 3 aromatic rings. The second-order valence-corrected chi connectivity index (χ2v) is 8.85. The minimum Gasteiger partial charge on any atom is -0.493 e. The van der Waals surface area contributed by atoms with E-state index in [9.17, 15) is 4.79 Å². The summed E-state index contributed by atoms with van der Waals surface area (Å²) in [4.78, 5) is 15.9. The van der Waals surface area contributed by atoms with E-state index in [1.54, 1.807) is 24.3 Å². The van der Waals surface area contributed by atoms with Crippen molar-refractivity contribution >= 4 is 23.7 Å². The Hall–Kier alpha value is -3.58. The van der Waals surface area contributed by atoms with Crippen LogP contribution in [0.2, 0.25) is 5.02 Å². The van der Waals surface area contributed by atoms with Crippen LogP contribution < -0.4 is 19.6 Å². The second kappa shape index (κ2) is 11.5. The van der Waals surface area contributed by atoms with Gasteiger partial charge in [-0.3, -0.25) is 9.78 Å². The number of methoxy groups -OCH3 is 1. The summed E-state index contributed by atoms with van der Waals surface area (Å²) in [6.07, 6.45) is 4.55. The molecule has 34 heavy (non-hydrogen) atoms. The molecule has 0 aliphatic carbocycles. The first kappa shape index (κ1) is 25.1. The minimum absolute atomic E-state index is 0.0943. The predicted octanol–water partition coefficient (Wildman–Crippen LogP) is 5.26. The van der Waals surface area contributed by atoms with Gasteiger partial charge >= 0.3 is 0 Å². The number of hydrazone groups is 1. The Kier molecular flexibility index (Phi) is 8.49. The molecule has 0 radical (unpaired) electrons. The Labute approximate surface area is 204 Å². The topological polar surface area (TPSA) is 82.0 Å². The number of nitrogens with zero attached hydrogens (tertiary/aromatic N) is 2. The Bertz CT molecular complexity index is 1130. The Balaban J connectivity index is 1.55. The first-order valence-electron chi connectivity index (χ1n) is 10.7. The van der Waals surface area contributed by atoms with E-state index in [1.165, 1.54) is 31.3 Å². The predicted molar refractivity (Wildman–Crippen MR) is 133 cm³/mol. The number of aromatic nitrogens is 1. The summed E-state index contributed by atoms with van der Waals surface area (Å²) in [7, 11) is 1.53. The summed E-state index contributed by atoms with van der Waals surface area (Å²) in [5, 5.41) is 4.33.